The van der Waals surface area contributed by atoms with Gasteiger partial charge in [0.1, 0.15) is 18.1 Å². The highest BCUT2D eigenvalue weighted by atomic mass is 16.5. The van der Waals surface area contributed by atoms with E-state index in [4.69, 9.17) is 9.47 Å². The van der Waals surface area contributed by atoms with Gasteiger partial charge in [-0.3, -0.25) is 9.59 Å². The minimum absolute atomic E-state index is 0.00360. The number of hydrogen-bond acceptors (Lipinski definition) is 7. The zero-order chi connectivity index (χ0) is 29.5. The highest BCUT2D eigenvalue weighted by Crippen LogP contribution is 2.42. The van der Waals surface area contributed by atoms with Crippen molar-refractivity contribution < 1.29 is 29.3 Å². The summed E-state index contributed by atoms with van der Waals surface area (Å²) in [4.78, 5) is 30.4. The molecule has 0 saturated carbocycles. The average molecular weight is 559 g/mol. The van der Waals surface area contributed by atoms with Gasteiger partial charge in [0, 0.05) is 18.7 Å². The van der Waals surface area contributed by atoms with Gasteiger partial charge in [0.05, 0.1) is 18.2 Å². The molecule has 1 saturated heterocycles. The average Bonchev–Trinajstić information content (AvgIpc) is 3.23. The monoisotopic (exact) mass is 558 g/mol. The van der Waals surface area contributed by atoms with Crippen molar-refractivity contribution in [1.82, 2.24) is 9.80 Å². The van der Waals surface area contributed by atoms with Gasteiger partial charge in [-0.15, -0.1) is 0 Å². The first-order valence-electron chi connectivity index (χ1n) is 14.0. The van der Waals surface area contributed by atoms with Crippen LogP contribution in [-0.2, 0) is 16.2 Å². The molecule has 41 heavy (non-hydrogen) atoms. The molecule has 0 aromatic heterocycles. The van der Waals surface area contributed by atoms with Crippen molar-refractivity contribution in [1.29, 1.82) is 0 Å². The third-order valence-electron chi connectivity index (χ3n) is 7.31. The van der Waals surface area contributed by atoms with Gasteiger partial charge in [0.2, 0.25) is 0 Å². The number of amides is 1. The molecule has 1 amide bonds. The highest BCUT2D eigenvalue weighted by Gasteiger charge is 2.46. The molecule has 3 aromatic carbocycles. The number of aryl methyl sites for hydroxylation is 1. The molecule has 4 rings (SSSR count). The molecule has 1 aliphatic heterocycles. The molecule has 8 heteroatoms. The summed E-state index contributed by atoms with van der Waals surface area (Å²) in [5.74, 6) is -0.883. The second-order valence-electron chi connectivity index (χ2n) is 9.98. The number of aliphatic hydroxyl groups excluding tert-OH is 1. The fourth-order valence-corrected chi connectivity index (χ4v) is 5.05. The predicted octanol–water partition coefficient (Wildman–Crippen LogP) is 5.44. The molecule has 3 aromatic rings. The molecule has 1 fully saturated rings. The van der Waals surface area contributed by atoms with Gasteiger partial charge in [-0.25, -0.2) is 0 Å². The van der Waals surface area contributed by atoms with Crippen LogP contribution >= 0.6 is 0 Å². The normalized spacial score (nSPS) is 16.4. The van der Waals surface area contributed by atoms with Crippen molar-refractivity contribution in [3.05, 3.63) is 94.6 Å². The SMILES string of the molecule is CCOc1cc([C@@H]2C(=C(O)c3ccc(OCc4cccc(C)c4)cc3)C(=O)C(=O)N2CCN(CC)CC)ccc1O. The number of aromatic hydroxyl groups is 1. The first-order valence-corrected chi connectivity index (χ1v) is 14.0. The van der Waals surface area contributed by atoms with Crippen LogP contribution in [0.4, 0.5) is 0 Å². The van der Waals surface area contributed by atoms with E-state index < -0.39 is 17.7 Å². The van der Waals surface area contributed by atoms with Crippen LogP contribution in [0.3, 0.4) is 0 Å². The first-order chi connectivity index (χ1) is 19.8. The number of nitrogens with zero attached hydrogens (tertiary/aromatic N) is 2. The lowest BCUT2D eigenvalue weighted by atomic mass is 9.95. The van der Waals surface area contributed by atoms with Crippen molar-refractivity contribution >= 4 is 17.4 Å². The van der Waals surface area contributed by atoms with E-state index in [2.05, 4.69) is 11.0 Å². The van der Waals surface area contributed by atoms with Crippen molar-refractivity contribution in [2.45, 2.75) is 40.3 Å². The number of ether oxygens (including phenoxy) is 2. The molecule has 1 atom stereocenters. The summed E-state index contributed by atoms with van der Waals surface area (Å²) in [6, 6.07) is 18.7. The Morgan fingerprint density at radius 1 is 0.951 bits per heavy atom. The lowest BCUT2D eigenvalue weighted by Gasteiger charge is -2.28. The summed E-state index contributed by atoms with van der Waals surface area (Å²) in [5, 5.41) is 21.7. The van der Waals surface area contributed by atoms with E-state index in [1.54, 1.807) is 43.3 Å². The molecule has 0 radical (unpaired) electrons. The Kier molecular flexibility index (Phi) is 9.68. The summed E-state index contributed by atoms with van der Waals surface area (Å²) < 4.78 is 11.5. The van der Waals surface area contributed by atoms with Gasteiger partial charge < -0.3 is 29.5 Å². The first kappa shape index (κ1) is 29.7. The van der Waals surface area contributed by atoms with E-state index in [1.807, 2.05) is 39.0 Å². The Morgan fingerprint density at radius 3 is 2.34 bits per heavy atom. The van der Waals surface area contributed by atoms with E-state index in [-0.39, 0.29) is 22.8 Å². The second kappa shape index (κ2) is 13.4. The van der Waals surface area contributed by atoms with Gasteiger partial charge in [-0.1, -0.05) is 49.7 Å². The predicted molar refractivity (Wildman–Crippen MR) is 158 cm³/mol. The maximum Gasteiger partial charge on any atom is 0.295 e. The third kappa shape index (κ3) is 6.72. The zero-order valence-corrected chi connectivity index (χ0v) is 24.1. The van der Waals surface area contributed by atoms with Crippen LogP contribution in [0.25, 0.3) is 5.76 Å². The van der Waals surface area contributed by atoms with Crippen LogP contribution in [0, 0.1) is 6.92 Å². The Labute approximate surface area is 241 Å². The van der Waals surface area contributed by atoms with Gasteiger partial charge in [0.15, 0.2) is 11.5 Å². The van der Waals surface area contributed by atoms with Gasteiger partial charge in [-0.2, -0.15) is 0 Å². The molecule has 1 heterocycles. The summed E-state index contributed by atoms with van der Waals surface area (Å²) >= 11 is 0. The van der Waals surface area contributed by atoms with Crippen molar-refractivity contribution in [3.63, 3.8) is 0 Å². The van der Waals surface area contributed by atoms with Gasteiger partial charge in [0.25, 0.3) is 11.7 Å². The number of carbonyl (C=O) groups is 2. The van der Waals surface area contributed by atoms with Crippen molar-refractivity contribution in [3.8, 4) is 17.2 Å². The number of likely N-dealkylation sites (tertiary alicyclic amines) is 1. The Hall–Kier alpha value is -4.30. The number of aliphatic hydroxyl groups is 1. The van der Waals surface area contributed by atoms with Crippen molar-refractivity contribution in [2.24, 2.45) is 0 Å². The van der Waals surface area contributed by atoms with Crippen molar-refractivity contribution in [2.75, 3.05) is 32.8 Å². The lowest BCUT2D eigenvalue weighted by molar-refractivity contribution is -0.140. The number of Topliss-reactive ketones (excluding diaryl/α,β-unsaturated/α-hetero) is 1. The molecular formula is C33H38N2O6. The van der Waals surface area contributed by atoms with E-state index >= 15 is 0 Å². The lowest BCUT2D eigenvalue weighted by Crippen LogP contribution is -2.38. The zero-order valence-electron chi connectivity index (χ0n) is 24.1. The number of likely N-dealkylation sites (N-methyl/N-ethyl adjacent to an activating group) is 1. The summed E-state index contributed by atoms with van der Waals surface area (Å²) in [7, 11) is 0. The maximum absolute atomic E-state index is 13.4. The van der Waals surface area contributed by atoms with E-state index in [1.165, 1.54) is 11.0 Å². The van der Waals surface area contributed by atoms with E-state index in [9.17, 15) is 19.8 Å². The number of ketones is 1. The molecule has 0 unspecified atom stereocenters. The molecular weight excluding hydrogens is 520 g/mol. The Balaban J connectivity index is 1.68. The molecule has 0 bridgehead atoms. The molecule has 216 valence electrons. The van der Waals surface area contributed by atoms with Crippen LogP contribution < -0.4 is 9.47 Å². The molecule has 2 N–H and O–H groups in total. The third-order valence-corrected chi connectivity index (χ3v) is 7.31. The van der Waals surface area contributed by atoms with E-state index in [0.29, 0.717) is 43.2 Å². The fraction of sp³-hybridized carbons (Fsp3) is 0.333. The topological polar surface area (TPSA) is 99.5 Å². The molecule has 0 aliphatic carbocycles. The van der Waals surface area contributed by atoms with Crippen LogP contribution in [0.15, 0.2) is 72.3 Å². The Morgan fingerprint density at radius 2 is 1.68 bits per heavy atom. The number of benzene rings is 3. The fourth-order valence-electron chi connectivity index (χ4n) is 5.05. The molecule has 0 spiro atoms. The number of rotatable bonds is 12. The highest BCUT2D eigenvalue weighted by molar-refractivity contribution is 6.46. The van der Waals surface area contributed by atoms with Gasteiger partial charge >= 0.3 is 0 Å². The smallest absolute Gasteiger partial charge is 0.295 e. The van der Waals surface area contributed by atoms with Crippen LogP contribution in [0.1, 0.15) is 49.1 Å². The standard InChI is InChI=1S/C33H38N2O6/c1-5-34(6-2)17-18-35-30(25-13-16-27(36)28(20-25)40-7-3)29(32(38)33(35)39)31(37)24-11-14-26(15-12-24)41-21-23-10-8-9-22(4)19-23/h8-16,19-20,30,36-37H,5-7,17-18,21H2,1-4H3/t30-/m1/s1. The summed E-state index contributed by atoms with van der Waals surface area (Å²) in [5.41, 5.74) is 3.14. The summed E-state index contributed by atoms with van der Waals surface area (Å²) in [6.07, 6.45) is 0. The number of phenols is 1. The Bertz CT molecular complexity index is 1410. The minimum Gasteiger partial charge on any atom is -0.507 e. The summed E-state index contributed by atoms with van der Waals surface area (Å²) in [6.45, 7) is 11.1. The maximum atomic E-state index is 13.4. The molecule has 1 aliphatic rings. The van der Waals surface area contributed by atoms with E-state index in [0.717, 1.165) is 24.2 Å². The van der Waals surface area contributed by atoms with Gasteiger partial charge in [-0.05, 0) is 74.5 Å². The second-order valence-corrected chi connectivity index (χ2v) is 9.98. The number of phenolic OH excluding ortho intramolecular Hbond substituents is 1. The quantitative estimate of drug-likeness (QED) is 0.173. The van der Waals surface area contributed by atoms with Crippen LogP contribution in [0.2, 0.25) is 0 Å². The van der Waals surface area contributed by atoms with Crippen LogP contribution in [-0.4, -0.2) is 64.5 Å². The number of carbonyl (C=O) groups excluding carboxylic acids is 2. The van der Waals surface area contributed by atoms with Crippen LogP contribution in [0.5, 0.6) is 17.2 Å². The molecule has 8 nitrogen and oxygen atoms in total. The number of hydrogen-bond donors (Lipinski definition) is 2. The minimum atomic E-state index is -0.845. The largest absolute Gasteiger partial charge is 0.507 e.